The fraction of sp³-hybridized carbons (Fsp3) is 0.192. The van der Waals surface area contributed by atoms with E-state index in [1.165, 1.54) is 24.3 Å². The Morgan fingerprint density at radius 3 is 2.58 bits per heavy atom. The number of H-pyrrole nitrogens is 1. The van der Waals surface area contributed by atoms with Crippen LogP contribution in [0.15, 0.2) is 67.0 Å². The number of non-ortho nitro benzene ring substituents is 1. The van der Waals surface area contributed by atoms with E-state index in [9.17, 15) is 14.9 Å². The molecule has 1 aliphatic rings. The predicted molar refractivity (Wildman–Crippen MR) is 136 cm³/mol. The van der Waals surface area contributed by atoms with Gasteiger partial charge in [0.25, 0.3) is 11.6 Å². The van der Waals surface area contributed by atoms with Crippen LogP contribution in [0.1, 0.15) is 34.9 Å². The summed E-state index contributed by atoms with van der Waals surface area (Å²) < 4.78 is 2.02. The van der Waals surface area contributed by atoms with E-state index in [1.807, 2.05) is 34.9 Å². The number of nitrogens with two attached hydrogens (primary N) is 1. The molecular formula is C26H23N7O3. The molecule has 1 amide bonds. The summed E-state index contributed by atoms with van der Waals surface area (Å²) in [4.78, 5) is 38.0. The number of aromatic amines is 1. The average molecular weight is 482 g/mol. The van der Waals surface area contributed by atoms with Crippen molar-refractivity contribution in [3.05, 3.63) is 88.5 Å². The zero-order valence-corrected chi connectivity index (χ0v) is 19.3. The van der Waals surface area contributed by atoms with E-state index in [2.05, 4.69) is 16.0 Å². The summed E-state index contributed by atoms with van der Waals surface area (Å²) >= 11 is 0. The molecule has 3 N–H and O–H groups in total. The van der Waals surface area contributed by atoms with Crippen LogP contribution in [0, 0.1) is 10.1 Å². The van der Waals surface area contributed by atoms with Crippen molar-refractivity contribution in [2.24, 2.45) is 0 Å². The Morgan fingerprint density at radius 1 is 1.11 bits per heavy atom. The molecule has 10 nitrogen and oxygen atoms in total. The zero-order valence-electron chi connectivity index (χ0n) is 19.3. The maximum absolute atomic E-state index is 13.0. The minimum Gasteiger partial charge on any atom is -0.382 e. The Balaban J connectivity index is 1.27. The van der Waals surface area contributed by atoms with Crippen LogP contribution in [-0.2, 0) is 0 Å². The number of carbonyl (C=O) groups excluding carboxylic acids is 1. The second-order valence-corrected chi connectivity index (χ2v) is 8.99. The molecule has 0 aliphatic carbocycles. The van der Waals surface area contributed by atoms with Gasteiger partial charge in [-0.15, -0.1) is 0 Å². The fourth-order valence-corrected chi connectivity index (χ4v) is 5.01. The molecule has 5 aromatic rings. The third kappa shape index (κ3) is 3.63. The molecule has 0 bridgehead atoms. The van der Waals surface area contributed by atoms with Gasteiger partial charge in [-0.25, -0.2) is 9.97 Å². The molecule has 0 unspecified atom stereocenters. The number of nitrogens with one attached hydrogen (secondary N) is 1. The third-order valence-electron chi connectivity index (χ3n) is 6.87. The van der Waals surface area contributed by atoms with E-state index >= 15 is 0 Å². The molecule has 3 aromatic heterocycles. The number of anilines is 1. The van der Waals surface area contributed by atoms with Crippen molar-refractivity contribution in [3.63, 3.8) is 0 Å². The van der Waals surface area contributed by atoms with Gasteiger partial charge in [-0.2, -0.15) is 0 Å². The van der Waals surface area contributed by atoms with Crippen molar-refractivity contribution < 1.29 is 9.72 Å². The summed E-state index contributed by atoms with van der Waals surface area (Å²) in [6, 6.07) is 15.9. The van der Waals surface area contributed by atoms with Gasteiger partial charge in [0.1, 0.15) is 22.9 Å². The van der Waals surface area contributed by atoms with E-state index in [-0.39, 0.29) is 17.5 Å². The number of nitrogen functional groups attached to an aromatic ring is 1. The van der Waals surface area contributed by atoms with Crippen molar-refractivity contribution in [3.8, 4) is 11.4 Å². The zero-order chi connectivity index (χ0) is 24.8. The Bertz CT molecular complexity index is 1580. The number of nitrogens with zero attached hydrogens (tertiary/aromatic N) is 5. The van der Waals surface area contributed by atoms with Crippen LogP contribution in [0.3, 0.4) is 0 Å². The first-order chi connectivity index (χ1) is 17.5. The number of nitro groups is 1. The Labute approximate surface area is 205 Å². The molecule has 0 spiro atoms. The number of carbonyl (C=O) groups is 1. The first-order valence-electron chi connectivity index (χ1n) is 11.7. The first kappa shape index (κ1) is 21.8. The molecule has 36 heavy (non-hydrogen) atoms. The lowest BCUT2D eigenvalue weighted by Crippen LogP contribution is -2.38. The summed E-state index contributed by atoms with van der Waals surface area (Å²) in [5, 5.41) is 12.0. The first-order valence-corrected chi connectivity index (χ1v) is 11.7. The highest BCUT2D eigenvalue weighted by atomic mass is 16.6. The second kappa shape index (κ2) is 8.49. The van der Waals surface area contributed by atoms with Crippen molar-refractivity contribution in [1.29, 1.82) is 0 Å². The van der Waals surface area contributed by atoms with Gasteiger partial charge in [-0.3, -0.25) is 19.3 Å². The van der Waals surface area contributed by atoms with E-state index < -0.39 is 4.92 Å². The van der Waals surface area contributed by atoms with Crippen molar-refractivity contribution in [2.75, 3.05) is 18.8 Å². The quantitative estimate of drug-likeness (QED) is 0.289. The van der Waals surface area contributed by atoms with Gasteiger partial charge < -0.3 is 15.6 Å². The monoisotopic (exact) mass is 481 g/mol. The van der Waals surface area contributed by atoms with Crippen LogP contribution in [0.5, 0.6) is 0 Å². The van der Waals surface area contributed by atoms with Gasteiger partial charge in [-0.1, -0.05) is 18.2 Å². The lowest BCUT2D eigenvalue weighted by molar-refractivity contribution is -0.384. The lowest BCUT2D eigenvalue weighted by atomic mass is 9.95. The molecule has 1 aliphatic heterocycles. The number of amides is 1. The predicted octanol–water partition coefficient (Wildman–Crippen LogP) is 4.39. The van der Waals surface area contributed by atoms with Crippen LogP contribution in [0.4, 0.5) is 11.5 Å². The number of benzene rings is 2. The van der Waals surface area contributed by atoms with Crippen LogP contribution >= 0.6 is 0 Å². The summed E-state index contributed by atoms with van der Waals surface area (Å²) in [7, 11) is 0. The summed E-state index contributed by atoms with van der Waals surface area (Å²) in [5.74, 6) is 1.33. The largest absolute Gasteiger partial charge is 0.382 e. The van der Waals surface area contributed by atoms with Crippen LogP contribution in [0.2, 0.25) is 0 Å². The number of hydrogen-bond donors (Lipinski definition) is 2. The number of likely N-dealkylation sites (tertiary alicyclic amines) is 1. The van der Waals surface area contributed by atoms with Gasteiger partial charge >= 0.3 is 0 Å². The normalized spacial score (nSPS) is 14.5. The molecule has 0 atom stereocenters. The van der Waals surface area contributed by atoms with Gasteiger partial charge in [0, 0.05) is 60.0 Å². The number of rotatable bonds is 4. The molecule has 4 heterocycles. The number of imidazole rings is 1. The standard InChI is InChI=1S/C26H23N7O3/c27-24-23-22(21-15-18-3-1-2-4-20(18)29-21)30-25(32(23)14-11-28-24)16-9-12-31(13-10-16)26(34)17-5-7-19(8-6-17)33(35)36/h1-8,11,14-16,29H,9-10,12-13H2,(H2,27,28). The molecular weight excluding hydrogens is 458 g/mol. The molecule has 180 valence electrons. The Kier molecular flexibility index (Phi) is 5.14. The van der Waals surface area contributed by atoms with Gasteiger partial charge in [0.2, 0.25) is 0 Å². The van der Waals surface area contributed by atoms with Crippen LogP contribution < -0.4 is 5.73 Å². The minimum absolute atomic E-state index is 0.0315. The topological polar surface area (TPSA) is 135 Å². The minimum atomic E-state index is -0.471. The van der Waals surface area contributed by atoms with Gasteiger partial charge in [-0.05, 0) is 37.1 Å². The maximum Gasteiger partial charge on any atom is 0.269 e. The van der Waals surface area contributed by atoms with E-state index in [0.29, 0.717) is 24.5 Å². The third-order valence-corrected chi connectivity index (χ3v) is 6.87. The highest BCUT2D eigenvalue weighted by molar-refractivity contribution is 5.94. The lowest BCUT2D eigenvalue weighted by Gasteiger charge is -2.31. The van der Waals surface area contributed by atoms with Gasteiger partial charge in [0.15, 0.2) is 0 Å². The number of hydrogen-bond acceptors (Lipinski definition) is 6. The van der Waals surface area contributed by atoms with Crippen molar-refractivity contribution in [2.45, 2.75) is 18.8 Å². The molecule has 1 saturated heterocycles. The summed E-state index contributed by atoms with van der Waals surface area (Å²) in [5.41, 5.74) is 10.2. The second-order valence-electron chi connectivity index (χ2n) is 8.99. The molecule has 0 radical (unpaired) electrons. The summed E-state index contributed by atoms with van der Waals surface area (Å²) in [6.07, 6.45) is 5.04. The van der Waals surface area contributed by atoms with Crippen LogP contribution in [-0.4, -0.2) is 48.2 Å². The summed E-state index contributed by atoms with van der Waals surface area (Å²) in [6.45, 7) is 1.13. The number of aromatic nitrogens is 4. The highest BCUT2D eigenvalue weighted by Gasteiger charge is 2.29. The number of fused-ring (bicyclic) bond motifs is 2. The van der Waals surface area contributed by atoms with E-state index in [4.69, 9.17) is 10.7 Å². The van der Waals surface area contributed by atoms with E-state index in [1.54, 1.807) is 11.1 Å². The molecule has 0 saturated carbocycles. The molecule has 1 fully saturated rings. The maximum atomic E-state index is 13.0. The van der Waals surface area contributed by atoms with Crippen molar-refractivity contribution in [1.82, 2.24) is 24.3 Å². The van der Waals surface area contributed by atoms with Crippen LogP contribution in [0.25, 0.3) is 27.8 Å². The number of nitro benzene ring substituents is 1. The number of para-hydroxylation sites is 1. The molecule has 6 rings (SSSR count). The van der Waals surface area contributed by atoms with Crippen molar-refractivity contribution >= 4 is 33.8 Å². The fourth-order valence-electron chi connectivity index (χ4n) is 5.01. The molecule has 10 heteroatoms. The smallest absolute Gasteiger partial charge is 0.269 e. The van der Waals surface area contributed by atoms with Gasteiger partial charge in [0.05, 0.1) is 10.6 Å². The SMILES string of the molecule is Nc1nccn2c(C3CCN(C(=O)c4ccc([N+](=O)[O-])cc4)CC3)nc(-c3cc4ccccc4[nH]3)c12. The number of piperidine rings is 1. The Morgan fingerprint density at radius 2 is 1.86 bits per heavy atom. The average Bonchev–Trinajstić information content (AvgIpc) is 3.51. The van der Waals surface area contributed by atoms with E-state index in [0.717, 1.165) is 46.5 Å². The Hall–Kier alpha value is -4.73. The highest BCUT2D eigenvalue weighted by Crippen LogP contribution is 2.35. The molecule has 2 aromatic carbocycles.